The Morgan fingerprint density at radius 3 is 1.00 bits per heavy atom. The molecule has 480 valence electrons. The number of aromatic hydroxyl groups is 3. The molecular formula is C69H72N12O12. The van der Waals surface area contributed by atoms with Gasteiger partial charge in [0.1, 0.15) is 17.1 Å². The molecular weight excluding hydrogens is 1190 g/mol. The standard InChI is InChI=1S/C23H26N4O2.C22H24N4O2.C21H22N4O2.3CO2/c1-15(2)14-17-10-12-18(13-11-17)21-22(28)20(26-27(21)4)16(3)24-25-23(29)19-8-6-5-7-9-19;1-14(2)16-10-12-17(13-11-16)20-21(27)19(25-26(20)4)15(3)23-24-22(28)18-8-6-5-7-9-18;1-13-10-14(2)12-17(11-13)19-20(26)18(24-25(19)4)15(3)22-23-21(27)16-8-6-5-7-9-16;3*2-1-3/h5-13,15,28H,14H2,1-4H3,(H,25,29);5-14,27H,1-4H3,(H,24,28);5-12,26H,1-4H3,(H,23,27);;;/b24-16+;23-15+;22-15+;;;. The van der Waals surface area contributed by atoms with Crippen LogP contribution in [0.4, 0.5) is 0 Å². The van der Waals surface area contributed by atoms with Gasteiger partial charge in [-0.25, -0.2) is 16.3 Å². The summed E-state index contributed by atoms with van der Waals surface area (Å²) in [5.74, 6) is 0.183. The summed E-state index contributed by atoms with van der Waals surface area (Å²) in [5, 5.41) is 57.6. The van der Waals surface area contributed by atoms with E-state index in [1.165, 1.54) is 11.1 Å². The number of amides is 3. The van der Waals surface area contributed by atoms with Crippen LogP contribution in [0, 0.1) is 19.8 Å². The van der Waals surface area contributed by atoms with Gasteiger partial charge in [-0.1, -0.05) is 148 Å². The fourth-order valence-corrected chi connectivity index (χ4v) is 9.17. The van der Waals surface area contributed by atoms with Gasteiger partial charge in [0.05, 0.1) is 17.1 Å². The Balaban J connectivity index is 0.000000279. The fourth-order valence-electron chi connectivity index (χ4n) is 9.17. The van der Waals surface area contributed by atoms with Gasteiger partial charge >= 0.3 is 18.5 Å². The molecule has 24 nitrogen and oxygen atoms in total. The van der Waals surface area contributed by atoms with Gasteiger partial charge in [0.2, 0.25) is 0 Å². The normalized spacial score (nSPS) is 10.8. The van der Waals surface area contributed by atoms with Crippen LogP contribution in [-0.4, -0.2) is 98.0 Å². The Morgan fingerprint density at radius 1 is 0.441 bits per heavy atom. The minimum atomic E-state index is -0.320. The molecule has 0 atom stereocenters. The fraction of sp³-hybridized carbons (Fsp3) is 0.217. The number of hydrogen-bond donors (Lipinski definition) is 6. The van der Waals surface area contributed by atoms with Gasteiger partial charge in [-0.3, -0.25) is 28.4 Å². The van der Waals surface area contributed by atoms with Crippen LogP contribution in [0.3, 0.4) is 0 Å². The molecule has 0 aliphatic heterocycles. The summed E-state index contributed by atoms with van der Waals surface area (Å²) in [4.78, 5) is 85.2. The van der Waals surface area contributed by atoms with Crippen LogP contribution in [0.2, 0.25) is 0 Å². The minimum absolute atomic E-state index is 0.0370. The van der Waals surface area contributed by atoms with Crippen molar-refractivity contribution in [2.75, 3.05) is 0 Å². The van der Waals surface area contributed by atoms with Crippen molar-refractivity contribution < 1.29 is 58.5 Å². The van der Waals surface area contributed by atoms with Crippen LogP contribution in [0.15, 0.2) is 173 Å². The van der Waals surface area contributed by atoms with Crippen molar-refractivity contribution in [1.29, 1.82) is 0 Å². The number of nitrogens with zero attached hydrogens (tertiary/aromatic N) is 9. The topological polar surface area (TPSA) is 341 Å². The Kier molecular flexibility index (Phi) is 28.7. The largest absolute Gasteiger partial charge is 0.504 e. The molecule has 6 N–H and O–H groups in total. The molecule has 0 radical (unpaired) electrons. The molecule has 9 aromatic rings. The first-order valence-corrected chi connectivity index (χ1v) is 28.6. The molecule has 3 amide bonds. The zero-order valence-electron chi connectivity index (χ0n) is 53.4. The van der Waals surface area contributed by atoms with Crippen LogP contribution in [0.5, 0.6) is 17.2 Å². The van der Waals surface area contributed by atoms with E-state index in [-0.39, 0.29) is 53.4 Å². The summed E-state index contributed by atoms with van der Waals surface area (Å²) >= 11 is 0. The van der Waals surface area contributed by atoms with E-state index in [1.807, 2.05) is 80.6 Å². The second-order valence-corrected chi connectivity index (χ2v) is 21.2. The summed E-state index contributed by atoms with van der Waals surface area (Å²) in [6.45, 7) is 17.8. The van der Waals surface area contributed by atoms with E-state index in [0.29, 0.717) is 79.8 Å². The first-order chi connectivity index (χ1) is 44.3. The lowest BCUT2D eigenvalue weighted by atomic mass is 10.0. The molecule has 6 aromatic carbocycles. The van der Waals surface area contributed by atoms with Crippen molar-refractivity contribution in [2.24, 2.45) is 42.4 Å². The molecule has 0 fully saturated rings. The molecule has 0 bridgehead atoms. The number of hydrazone groups is 3. The maximum Gasteiger partial charge on any atom is 0.373 e. The van der Waals surface area contributed by atoms with Gasteiger partial charge in [-0.2, -0.15) is 59.4 Å². The third-order valence-electron chi connectivity index (χ3n) is 13.4. The molecule has 0 saturated carbocycles. The van der Waals surface area contributed by atoms with Crippen molar-refractivity contribution in [3.8, 4) is 51.0 Å². The SMILES string of the molecule is C/C(=N\NC(=O)c1ccccc1)c1nn(C)c(-c2cc(C)cc(C)c2)c1O.C/C(=N\NC(=O)c1ccccc1)c1nn(C)c(-c2ccc(C(C)C)cc2)c1O.C/C(=N\NC(=O)c1ccccc1)c1nn(C)c(-c2ccc(CC(C)C)cc2)c1O.O=C=O.O=C=O.O=C=O. The predicted molar refractivity (Wildman–Crippen MR) is 346 cm³/mol. The highest BCUT2D eigenvalue weighted by Crippen LogP contribution is 2.36. The number of carbonyl (C=O) groups is 3. The van der Waals surface area contributed by atoms with E-state index in [4.69, 9.17) is 28.8 Å². The molecule has 93 heavy (non-hydrogen) atoms. The monoisotopic (exact) mass is 1260 g/mol. The van der Waals surface area contributed by atoms with Gasteiger partial charge in [0.15, 0.2) is 34.3 Å². The Morgan fingerprint density at radius 2 is 0.720 bits per heavy atom. The molecule has 3 aromatic heterocycles. The van der Waals surface area contributed by atoms with E-state index >= 15 is 0 Å². The number of hydrogen-bond acceptors (Lipinski definition) is 18. The van der Waals surface area contributed by atoms with E-state index < -0.39 is 0 Å². The molecule has 0 aliphatic carbocycles. The maximum absolute atomic E-state index is 12.2. The highest BCUT2D eigenvalue weighted by molar-refractivity contribution is 6.04. The Labute approximate surface area is 537 Å². The summed E-state index contributed by atoms with van der Waals surface area (Å²) in [5.41, 5.74) is 20.4. The van der Waals surface area contributed by atoms with Crippen molar-refractivity contribution in [1.82, 2.24) is 45.6 Å². The van der Waals surface area contributed by atoms with Crippen molar-refractivity contribution in [2.45, 2.75) is 74.7 Å². The van der Waals surface area contributed by atoms with Gasteiger partial charge in [0, 0.05) is 54.5 Å². The first kappa shape index (κ1) is 73.4. The molecule has 0 spiro atoms. The molecule has 0 unspecified atom stereocenters. The quantitative estimate of drug-likeness (QED) is 0.0411. The zero-order chi connectivity index (χ0) is 68.9. The minimum Gasteiger partial charge on any atom is -0.504 e. The van der Waals surface area contributed by atoms with Crippen LogP contribution >= 0.6 is 0 Å². The molecule has 0 aliphatic rings. The van der Waals surface area contributed by atoms with E-state index in [0.717, 1.165) is 34.2 Å². The molecule has 9 rings (SSSR count). The number of aromatic nitrogens is 6. The molecule has 0 saturated heterocycles. The van der Waals surface area contributed by atoms with E-state index in [1.54, 1.807) is 129 Å². The average Bonchev–Trinajstić information content (AvgIpc) is 1.70. The van der Waals surface area contributed by atoms with Crippen LogP contribution < -0.4 is 16.3 Å². The van der Waals surface area contributed by atoms with Crippen molar-refractivity contribution in [3.63, 3.8) is 0 Å². The van der Waals surface area contributed by atoms with E-state index in [9.17, 15) is 29.7 Å². The highest BCUT2D eigenvalue weighted by Gasteiger charge is 2.23. The Hall–Kier alpha value is -12.1. The zero-order valence-corrected chi connectivity index (χ0v) is 53.4. The summed E-state index contributed by atoms with van der Waals surface area (Å²) in [6, 6.07) is 48.7. The van der Waals surface area contributed by atoms with Gasteiger partial charge in [0.25, 0.3) is 17.7 Å². The smallest absolute Gasteiger partial charge is 0.373 e. The number of carbonyl (C=O) groups excluding carboxylic acids is 9. The molecule has 3 heterocycles. The van der Waals surface area contributed by atoms with Crippen LogP contribution in [-0.2, 0) is 56.3 Å². The average molecular weight is 1260 g/mol. The second kappa shape index (κ2) is 36.4. The number of aryl methyl sites for hydroxylation is 5. The van der Waals surface area contributed by atoms with Crippen LogP contribution in [0.1, 0.15) is 125 Å². The lowest BCUT2D eigenvalue weighted by molar-refractivity contribution is -0.193. The number of rotatable bonds is 15. The lowest BCUT2D eigenvalue weighted by Crippen LogP contribution is -2.19. The van der Waals surface area contributed by atoms with Gasteiger partial charge < -0.3 is 15.3 Å². The van der Waals surface area contributed by atoms with Gasteiger partial charge in [-0.05, 0) is 113 Å². The predicted octanol–water partition coefficient (Wildman–Crippen LogP) is 10.0. The highest BCUT2D eigenvalue weighted by atomic mass is 16.3. The van der Waals surface area contributed by atoms with Crippen molar-refractivity contribution in [3.05, 3.63) is 214 Å². The third kappa shape index (κ3) is 21.3. The Bertz CT molecular complexity index is 4120. The van der Waals surface area contributed by atoms with E-state index in [2.05, 4.69) is 92.8 Å². The number of nitrogens with one attached hydrogen (secondary N) is 3. The number of benzene rings is 6. The molecule has 24 heteroatoms. The first-order valence-electron chi connectivity index (χ1n) is 28.6. The van der Waals surface area contributed by atoms with Gasteiger partial charge in [-0.15, -0.1) is 0 Å². The summed E-state index contributed by atoms with van der Waals surface area (Å²) in [6.07, 6.45) is 1.76. The summed E-state index contributed by atoms with van der Waals surface area (Å²) < 4.78 is 4.87. The maximum atomic E-state index is 12.2. The third-order valence-corrected chi connectivity index (χ3v) is 13.4. The second-order valence-electron chi connectivity index (χ2n) is 21.2. The summed E-state index contributed by atoms with van der Waals surface area (Å²) in [7, 11) is 5.31. The lowest BCUT2D eigenvalue weighted by Gasteiger charge is -2.07. The van der Waals surface area contributed by atoms with Crippen LogP contribution in [0.25, 0.3) is 33.8 Å². The van der Waals surface area contributed by atoms with Crippen molar-refractivity contribution >= 4 is 53.3 Å².